The second-order valence-corrected chi connectivity index (χ2v) is 11.2. The van der Waals surface area contributed by atoms with Gasteiger partial charge in [0.1, 0.15) is 0 Å². The number of aliphatic imine (C=N–C) groups is 1. The maximum absolute atomic E-state index is 13.1. The second-order valence-electron chi connectivity index (χ2n) is 8.22. The van der Waals surface area contributed by atoms with Crippen LogP contribution in [0.3, 0.4) is 0 Å². The Balaban J connectivity index is 1.75. The number of nitrogens with two attached hydrogens (primary N) is 1. The Morgan fingerprint density at radius 3 is 2.28 bits per heavy atom. The topological polar surface area (TPSA) is 110 Å². The number of alkyl halides is 3. The van der Waals surface area contributed by atoms with Crippen LogP contribution in [0, 0.1) is 0 Å². The monoisotopic (exact) mass is 643 g/mol. The second kappa shape index (κ2) is 11.8. The van der Waals surface area contributed by atoms with Crippen molar-refractivity contribution < 1.29 is 26.3 Å². The summed E-state index contributed by atoms with van der Waals surface area (Å²) in [4.78, 5) is 3.71. The van der Waals surface area contributed by atoms with E-state index >= 15 is 0 Å². The van der Waals surface area contributed by atoms with Crippen molar-refractivity contribution in [3.63, 3.8) is 0 Å². The molecule has 0 amide bonds. The van der Waals surface area contributed by atoms with Crippen LogP contribution in [0.25, 0.3) is 0 Å². The summed E-state index contributed by atoms with van der Waals surface area (Å²) in [6, 6.07) is 20.5. The van der Waals surface area contributed by atoms with Crippen molar-refractivity contribution in [1.29, 1.82) is 0 Å². The number of rotatable bonds is 5. The third-order valence-corrected chi connectivity index (χ3v) is 7.27. The molecule has 0 saturated heterocycles. The van der Waals surface area contributed by atoms with Crippen molar-refractivity contribution in [1.82, 2.24) is 5.01 Å². The van der Waals surface area contributed by atoms with Crippen LogP contribution in [0.1, 0.15) is 23.5 Å². The van der Waals surface area contributed by atoms with Gasteiger partial charge in [0.05, 0.1) is 0 Å². The number of ether oxygens (including phenoxy) is 1. The van der Waals surface area contributed by atoms with E-state index in [0.717, 1.165) is 35.4 Å². The third kappa shape index (κ3) is 7.60. The summed E-state index contributed by atoms with van der Waals surface area (Å²) in [5, 5.41) is 6.60. The summed E-state index contributed by atoms with van der Waals surface area (Å²) in [5.41, 5.74) is 8.18. The van der Waals surface area contributed by atoms with Crippen LogP contribution in [0.15, 0.2) is 98.2 Å². The molecule has 3 aromatic rings. The molecule has 2 N–H and O–H groups in total. The molecule has 39 heavy (non-hydrogen) atoms. The van der Waals surface area contributed by atoms with Gasteiger partial charge in [-0.25, -0.2) is 0 Å². The molecule has 0 radical (unpaired) electrons. The summed E-state index contributed by atoms with van der Waals surface area (Å²) in [5.74, 6) is -0.984. The van der Waals surface area contributed by atoms with E-state index in [-0.39, 0.29) is 28.1 Å². The van der Waals surface area contributed by atoms with Crippen molar-refractivity contribution in [3.8, 4) is 5.75 Å². The number of hydrogen-bond acceptors (Lipinski definition) is 4. The Kier molecular flexibility index (Phi) is 8.65. The summed E-state index contributed by atoms with van der Waals surface area (Å²) >= 11 is 8.06. The van der Waals surface area contributed by atoms with Crippen molar-refractivity contribution >= 4 is 54.0 Å². The van der Waals surface area contributed by atoms with Gasteiger partial charge in [-0.2, -0.15) is 0 Å². The molecule has 204 valence electrons. The van der Waals surface area contributed by atoms with Crippen molar-refractivity contribution in [3.05, 3.63) is 95.0 Å². The standard InChI is InChI=1S/C25H21ClF3N5O3SSe/c26-18-8-6-17(7-9-18)22-21(16-4-2-1-3-5-16)14-15-34(32-22)24(31-23(30)39)33-38(35,36)20-12-10-19(11-13-20)37-25(27,28)29/h1-13,21H,14-15H2,(H3,30,31,33,39). The molecule has 8 nitrogen and oxygen atoms in total. The zero-order valence-corrected chi connectivity index (χ0v) is 23.4. The zero-order chi connectivity index (χ0) is 28.2. The van der Waals surface area contributed by atoms with E-state index < -0.39 is 22.1 Å². The molecule has 0 bridgehead atoms. The number of hydrogen-bond donors (Lipinski definition) is 1. The predicted molar refractivity (Wildman–Crippen MR) is 145 cm³/mol. The van der Waals surface area contributed by atoms with Gasteiger partial charge in [-0.3, -0.25) is 0 Å². The number of hydrazone groups is 1. The molecule has 1 atom stereocenters. The molecule has 0 saturated carbocycles. The molecular weight excluding hydrogens is 622 g/mol. The number of amidine groups is 1. The fourth-order valence-electron chi connectivity index (χ4n) is 3.87. The summed E-state index contributed by atoms with van der Waals surface area (Å²) in [6.45, 7) is 0.257. The quantitative estimate of drug-likeness (QED) is 0.252. The van der Waals surface area contributed by atoms with Gasteiger partial charge < -0.3 is 0 Å². The van der Waals surface area contributed by atoms with Gasteiger partial charge in [-0.15, -0.1) is 0 Å². The molecule has 1 unspecified atom stereocenters. The van der Waals surface area contributed by atoms with Crippen molar-refractivity contribution in [2.45, 2.75) is 23.6 Å². The number of guanidine groups is 1. The van der Waals surface area contributed by atoms with Crippen LogP contribution in [-0.2, 0) is 10.0 Å². The number of nitrogens with zero attached hydrogens (tertiary/aromatic N) is 4. The first kappa shape index (κ1) is 28.6. The van der Waals surface area contributed by atoms with E-state index in [1.54, 1.807) is 12.1 Å². The van der Waals surface area contributed by atoms with E-state index in [1.165, 1.54) is 5.01 Å². The Bertz CT molecular complexity index is 1510. The summed E-state index contributed by atoms with van der Waals surface area (Å²) in [6.07, 6.45) is -4.37. The average Bonchev–Trinajstić information content (AvgIpc) is 2.88. The average molecular weight is 643 g/mol. The fourth-order valence-corrected chi connectivity index (χ4v) is 5.12. The van der Waals surface area contributed by atoms with Gasteiger partial charge in [0.15, 0.2) is 0 Å². The van der Waals surface area contributed by atoms with Crippen LogP contribution in [0.5, 0.6) is 5.75 Å². The molecule has 4 rings (SSSR count). The van der Waals surface area contributed by atoms with Gasteiger partial charge in [0.2, 0.25) is 0 Å². The van der Waals surface area contributed by atoms with E-state index in [4.69, 9.17) is 22.4 Å². The van der Waals surface area contributed by atoms with Crippen LogP contribution in [0.4, 0.5) is 13.2 Å². The molecule has 1 aliphatic heterocycles. The normalized spacial score (nSPS) is 17.1. The third-order valence-electron chi connectivity index (χ3n) is 5.53. The molecule has 0 spiro atoms. The van der Waals surface area contributed by atoms with Crippen molar-refractivity contribution in [2.75, 3.05) is 6.54 Å². The Hall–Kier alpha value is -3.38. The first-order valence-corrected chi connectivity index (χ1v) is 14.1. The molecule has 0 aliphatic carbocycles. The SMILES string of the molecule is NC([SeH])=NC(=NS(=O)(=O)c1ccc(OC(F)(F)F)cc1)N1CCC(c2ccccc2)C(c2ccc(Cl)cc2)=N1. The van der Waals surface area contributed by atoms with Gasteiger partial charge in [0.25, 0.3) is 0 Å². The van der Waals surface area contributed by atoms with Crippen LogP contribution in [-0.4, -0.2) is 58.8 Å². The first-order valence-electron chi connectivity index (χ1n) is 11.3. The van der Waals surface area contributed by atoms with Gasteiger partial charge in [-0.05, 0) is 0 Å². The van der Waals surface area contributed by atoms with Crippen molar-refractivity contribution in [2.24, 2.45) is 20.2 Å². The minimum atomic E-state index is -4.91. The summed E-state index contributed by atoms with van der Waals surface area (Å²) in [7, 11) is -4.42. The van der Waals surface area contributed by atoms with Crippen LogP contribution in [0.2, 0.25) is 5.02 Å². The van der Waals surface area contributed by atoms with E-state index in [1.807, 2.05) is 58.5 Å². The molecule has 3 aromatic carbocycles. The van der Waals surface area contributed by atoms with E-state index in [9.17, 15) is 21.6 Å². The molecule has 0 fully saturated rings. The summed E-state index contributed by atoms with van der Waals surface area (Å²) < 4.78 is 71.2. The van der Waals surface area contributed by atoms with Gasteiger partial charge in [-0.1, -0.05) is 0 Å². The molecule has 0 aromatic heterocycles. The number of benzene rings is 3. The van der Waals surface area contributed by atoms with Crippen LogP contribution < -0.4 is 10.5 Å². The molecule has 1 heterocycles. The van der Waals surface area contributed by atoms with Gasteiger partial charge >= 0.3 is 237 Å². The Morgan fingerprint density at radius 1 is 1.05 bits per heavy atom. The molecule has 14 heteroatoms. The van der Waals surface area contributed by atoms with E-state index in [2.05, 4.69) is 14.1 Å². The number of sulfonamides is 1. The minimum absolute atomic E-state index is 0.0289. The molecule has 1 aliphatic rings. The fraction of sp³-hybridized carbons (Fsp3) is 0.160. The van der Waals surface area contributed by atoms with E-state index in [0.29, 0.717) is 17.2 Å². The first-order chi connectivity index (χ1) is 18.4. The Morgan fingerprint density at radius 2 is 1.69 bits per heavy atom. The zero-order valence-electron chi connectivity index (χ0n) is 20.0. The number of halogens is 4. The maximum atomic E-state index is 13.1. The van der Waals surface area contributed by atoms with Crippen LogP contribution >= 0.6 is 11.6 Å². The van der Waals surface area contributed by atoms with Gasteiger partial charge in [0, 0.05) is 0 Å². The molecular formula is C25H21ClF3N5O3SSe. The predicted octanol–water partition coefficient (Wildman–Crippen LogP) is 4.39. The Labute approximate surface area is 235 Å².